The number of nitriles is 1. The molecule has 0 radical (unpaired) electrons. The molecule has 0 bridgehead atoms. The fourth-order valence-corrected chi connectivity index (χ4v) is 3.28. The zero-order valence-electron chi connectivity index (χ0n) is 10.8. The first-order chi connectivity index (χ1) is 10.0. The van der Waals surface area contributed by atoms with Gasteiger partial charge in [-0.1, -0.05) is 68.3 Å². The molecule has 0 saturated heterocycles. The molecule has 0 aliphatic rings. The highest BCUT2D eigenvalue weighted by molar-refractivity contribution is 9.12. The standard InChI is InChI=1S/C15H12Br2N2O2/c16-14(10-4-2-1-3-5-10)15(17)13-7-6-12(19(20)21)8-11(13)9-18/h1-8,14-15,19-20H/t14-,15-/m0/s1. The summed E-state index contributed by atoms with van der Waals surface area (Å²) in [5.41, 5.74) is 2.30. The SMILES string of the molecule is N#Cc1cc([NH+]([O-])O)ccc1[C@H](Br)[C@@H](Br)c1ccccc1. The summed E-state index contributed by atoms with van der Waals surface area (Å²) in [4.78, 5) is -0.168. The molecule has 0 aliphatic carbocycles. The van der Waals surface area contributed by atoms with Crippen molar-refractivity contribution in [3.8, 4) is 6.07 Å². The Morgan fingerprint density at radius 3 is 2.33 bits per heavy atom. The van der Waals surface area contributed by atoms with Crippen molar-refractivity contribution in [1.29, 1.82) is 5.26 Å². The van der Waals surface area contributed by atoms with Crippen molar-refractivity contribution < 1.29 is 10.4 Å². The van der Waals surface area contributed by atoms with Gasteiger partial charge in [0.2, 0.25) is 0 Å². The predicted octanol–water partition coefficient (Wildman–Crippen LogP) is 3.53. The first-order valence-electron chi connectivity index (χ1n) is 6.15. The minimum Gasteiger partial charge on any atom is -0.595 e. The maximum atomic E-state index is 11.0. The van der Waals surface area contributed by atoms with E-state index in [4.69, 9.17) is 5.21 Å². The van der Waals surface area contributed by atoms with E-state index in [2.05, 4.69) is 37.9 Å². The van der Waals surface area contributed by atoms with E-state index in [1.165, 1.54) is 12.1 Å². The zero-order valence-corrected chi connectivity index (χ0v) is 14.0. The van der Waals surface area contributed by atoms with E-state index in [0.717, 1.165) is 11.1 Å². The van der Waals surface area contributed by atoms with Crippen molar-refractivity contribution >= 4 is 37.5 Å². The fraction of sp³-hybridized carbons (Fsp3) is 0.133. The number of benzene rings is 2. The van der Waals surface area contributed by atoms with Gasteiger partial charge in [-0.2, -0.15) is 10.5 Å². The van der Waals surface area contributed by atoms with Crippen molar-refractivity contribution in [2.75, 3.05) is 0 Å². The highest BCUT2D eigenvalue weighted by atomic mass is 79.9. The minimum atomic E-state index is -1.04. The second kappa shape index (κ2) is 7.16. The van der Waals surface area contributed by atoms with Gasteiger partial charge >= 0.3 is 0 Å². The van der Waals surface area contributed by atoms with Crippen LogP contribution in [0.25, 0.3) is 0 Å². The summed E-state index contributed by atoms with van der Waals surface area (Å²) in [6.45, 7) is 0. The van der Waals surface area contributed by atoms with E-state index in [9.17, 15) is 10.5 Å². The molecule has 108 valence electrons. The molecular weight excluding hydrogens is 400 g/mol. The van der Waals surface area contributed by atoms with Crippen LogP contribution in [0.15, 0.2) is 48.5 Å². The van der Waals surface area contributed by atoms with Gasteiger partial charge in [0.25, 0.3) is 0 Å². The second-order valence-corrected chi connectivity index (χ2v) is 6.41. The zero-order chi connectivity index (χ0) is 15.4. The summed E-state index contributed by atoms with van der Waals surface area (Å²) in [6.07, 6.45) is 0. The molecule has 4 nitrogen and oxygen atoms in total. The topological polar surface area (TPSA) is 71.5 Å². The summed E-state index contributed by atoms with van der Waals surface area (Å²) >= 11 is 7.22. The fourth-order valence-electron chi connectivity index (χ4n) is 1.99. The van der Waals surface area contributed by atoms with Crippen LogP contribution < -0.4 is 5.23 Å². The Hall–Kier alpha value is -1.23. The van der Waals surface area contributed by atoms with E-state index < -0.39 is 5.23 Å². The number of hydrogen-bond donors (Lipinski definition) is 2. The molecule has 2 aromatic rings. The van der Waals surface area contributed by atoms with Gasteiger partial charge in [-0.05, 0) is 11.1 Å². The first-order valence-corrected chi connectivity index (χ1v) is 7.98. The quantitative estimate of drug-likeness (QED) is 0.597. The minimum absolute atomic E-state index is 0.0264. The molecule has 3 atom stereocenters. The molecule has 2 aromatic carbocycles. The van der Waals surface area contributed by atoms with Crippen LogP contribution in [0.4, 0.5) is 5.69 Å². The molecule has 2 rings (SSSR count). The average Bonchev–Trinajstić information content (AvgIpc) is 2.53. The third kappa shape index (κ3) is 3.70. The largest absolute Gasteiger partial charge is 0.595 e. The molecule has 21 heavy (non-hydrogen) atoms. The molecule has 0 spiro atoms. The molecule has 0 heterocycles. The van der Waals surface area contributed by atoms with Crippen LogP contribution in [0.3, 0.4) is 0 Å². The summed E-state index contributed by atoms with van der Waals surface area (Å²) < 4.78 is 0. The van der Waals surface area contributed by atoms with Gasteiger partial charge in [0.1, 0.15) is 0 Å². The van der Waals surface area contributed by atoms with Crippen molar-refractivity contribution in [3.63, 3.8) is 0 Å². The van der Waals surface area contributed by atoms with Crippen molar-refractivity contribution in [3.05, 3.63) is 70.4 Å². The third-order valence-corrected chi connectivity index (χ3v) is 5.88. The van der Waals surface area contributed by atoms with Crippen LogP contribution >= 0.6 is 31.9 Å². The Morgan fingerprint density at radius 2 is 1.76 bits per heavy atom. The molecule has 0 fully saturated rings. The number of hydrogen-bond acceptors (Lipinski definition) is 3. The lowest BCUT2D eigenvalue weighted by atomic mass is 9.99. The van der Waals surface area contributed by atoms with Gasteiger partial charge in [-0.25, -0.2) is 5.21 Å². The Morgan fingerprint density at radius 1 is 1.10 bits per heavy atom. The first kappa shape index (κ1) is 16.1. The van der Waals surface area contributed by atoms with Crippen LogP contribution in [-0.2, 0) is 0 Å². The van der Waals surface area contributed by atoms with Crippen molar-refractivity contribution in [2.24, 2.45) is 0 Å². The van der Waals surface area contributed by atoms with Crippen LogP contribution in [0.2, 0.25) is 0 Å². The number of rotatable bonds is 4. The lowest BCUT2D eigenvalue weighted by Crippen LogP contribution is -2.99. The van der Waals surface area contributed by atoms with Crippen molar-refractivity contribution in [2.45, 2.75) is 9.65 Å². The molecule has 1 unspecified atom stereocenters. The van der Waals surface area contributed by atoms with Crippen LogP contribution in [0.5, 0.6) is 0 Å². The summed E-state index contributed by atoms with van der Waals surface area (Å²) in [7, 11) is 0. The molecule has 0 aromatic heterocycles. The highest BCUT2D eigenvalue weighted by Gasteiger charge is 2.23. The van der Waals surface area contributed by atoms with Gasteiger partial charge in [-0.3, -0.25) is 0 Å². The molecule has 0 amide bonds. The monoisotopic (exact) mass is 410 g/mol. The van der Waals surface area contributed by atoms with Crippen LogP contribution in [0, 0.1) is 16.5 Å². The number of halogens is 2. The van der Waals surface area contributed by atoms with E-state index >= 15 is 0 Å². The van der Waals surface area contributed by atoms with Gasteiger partial charge in [0.05, 0.1) is 21.3 Å². The number of nitrogens with one attached hydrogen (secondary N) is 1. The lowest BCUT2D eigenvalue weighted by Gasteiger charge is -2.20. The van der Waals surface area contributed by atoms with Gasteiger partial charge in [0.15, 0.2) is 5.69 Å². The Labute approximate surface area is 139 Å². The van der Waals surface area contributed by atoms with Crippen molar-refractivity contribution in [1.82, 2.24) is 0 Å². The predicted molar refractivity (Wildman–Crippen MR) is 86.7 cm³/mol. The van der Waals surface area contributed by atoms with Gasteiger partial charge in [0, 0.05) is 12.1 Å². The smallest absolute Gasteiger partial charge is 0.165 e. The molecule has 0 aliphatic heterocycles. The van der Waals surface area contributed by atoms with E-state index in [1.807, 2.05) is 30.3 Å². The van der Waals surface area contributed by atoms with Gasteiger partial charge < -0.3 is 5.21 Å². The molecule has 0 saturated carbocycles. The number of quaternary nitrogens is 1. The molecular formula is C15H12Br2N2O2. The Kier molecular flexibility index (Phi) is 5.51. The van der Waals surface area contributed by atoms with E-state index in [-0.39, 0.29) is 15.3 Å². The summed E-state index contributed by atoms with van der Waals surface area (Å²) in [6, 6.07) is 16.5. The van der Waals surface area contributed by atoms with Crippen LogP contribution in [-0.4, -0.2) is 5.21 Å². The average molecular weight is 412 g/mol. The lowest BCUT2D eigenvalue weighted by molar-refractivity contribution is -0.991. The second-order valence-electron chi connectivity index (χ2n) is 4.43. The van der Waals surface area contributed by atoms with Crippen LogP contribution in [0.1, 0.15) is 26.3 Å². The van der Waals surface area contributed by atoms with E-state index in [1.54, 1.807) is 6.07 Å². The normalized spacial score (nSPS) is 15.0. The highest BCUT2D eigenvalue weighted by Crippen LogP contribution is 2.43. The van der Waals surface area contributed by atoms with E-state index in [0.29, 0.717) is 5.56 Å². The maximum Gasteiger partial charge on any atom is 0.165 e. The van der Waals surface area contributed by atoms with Gasteiger partial charge in [-0.15, -0.1) is 0 Å². The number of alkyl halides is 2. The summed E-state index contributed by atoms with van der Waals surface area (Å²) in [5, 5.41) is 28.2. The molecule has 6 heteroatoms. The molecule has 2 N–H and O–H groups in total. The Bertz CT molecular complexity index is 656. The Balaban J connectivity index is 2.35. The third-order valence-electron chi connectivity index (χ3n) is 3.09. The maximum absolute atomic E-state index is 11.0. The number of nitrogens with zero attached hydrogens (tertiary/aromatic N) is 1. The summed E-state index contributed by atoms with van der Waals surface area (Å²) in [5.74, 6) is 0.